The number of aromatic nitrogens is 2. The first-order chi connectivity index (χ1) is 13.2. The molecule has 3 rings (SSSR count). The van der Waals surface area contributed by atoms with Gasteiger partial charge >= 0.3 is 0 Å². The van der Waals surface area contributed by atoms with E-state index in [1.807, 2.05) is 0 Å². The lowest BCUT2D eigenvalue weighted by Gasteiger charge is -2.40. The maximum absolute atomic E-state index is 12.9. The van der Waals surface area contributed by atoms with Crippen molar-refractivity contribution in [2.24, 2.45) is 5.92 Å². The number of nitrogens with zero attached hydrogens (tertiary/aromatic N) is 4. The van der Waals surface area contributed by atoms with E-state index in [0.717, 1.165) is 38.8 Å². The molecule has 1 saturated heterocycles. The molecule has 0 radical (unpaired) electrons. The summed E-state index contributed by atoms with van der Waals surface area (Å²) < 4.78 is 1.52. The average molecular weight is 390 g/mol. The second-order valence-electron chi connectivity index (χ2n) is 8.50. The molecule has 0 aromatic carbocycles. The molecule has 1 atom stereocenters. The van der Waals surface area contributed by atoms with Crippen LogP contribution in [0, 0.1) is 5.92 Å². The molecule has 8 nitrogen and oxygen atoms in total. The van der Waals surface area contributed by atoms with E-state index >= 15 is 0 Å². The van der Waals surface area contributed by atoms with Gasteiger partial charge in [-0.1, -0.05) is 13.8 Å². The summed E-state index contributed by atoms with van der Waals surface area (Å²) in [6, 6.07) is 1.56. The molecule has 1 fully saturated rings. The lowest BCUT2D eigenvalue weighted by atomic mass is 9.95. The zero-order valence-electron chi connectivity index (χ0n) is 17.3. The normalized spacial score (nSPS) is 22.4. The number of carbonyl (C=O) groups is 3. The van der Waals surface area contributed by atoms with E-state index in [0.29, 0.717) is 18.2 Å². The molecule has 154 valence electrons. The lowest BCUT2D eigenvalue weighted by Crippen LogP contribution is -2.62. The highest BCUT2D eigenvalue weighted by Gasteiger charge is 2.46. The van der Waals surface area contributed by atoms with Crippen molar-refractivity contribution in [2.45, 2.75) is 58.5 Å². The van der Waals surface area contributed by atoms with Gasteiger partial charge in [-0.25, -0.2) is 0 Å². The maximum atomic E-state index is 12.9. The summed E-state index contributed by atoms with van der Waals surface area (Å²) in [6.45, 7) is 8.19. The number of fused-ring (bicyclic) bond motifs is 1. The first-order valence-corrected chi connectivity index (χ1v) is 10.2. The molecule has 0 spiro atoms. The molecular weight excluding hydrogens is 358 g/mol. The summed E-state index contributed by atoms with van der Waals surface area (Å²) in [5, 5.41) is 7.33. The van der Waals surface area contributed by atoms with Gasteiger partial charge in [0.05, 0.1) is 6.54 Å². The molecular formula is C20H31N5O3. The average Bonchev–Trinajstić information content (AvgIpc) is 3.09. The zero-order valence-corrected chi connectivity index (χ0v) is 17.3. The van der Waals surface area contributed by atoms with Gasteiger partial charge in [0.15, 0.2) is 5.69 Å². The van der Waals surface area contributed by atoms with Crippen LogP contribution in [-0.2, 0) is 11.3 Å². The van der Waals surface area contributed by atoms with Gasteiger partial charge in [0.1, 0.15) is 11.2 Å². The Labute approximate surface area is 166 Å². The molecule has 28 heavy (non-hydrogen) atoms. The summed E-state index contributed by atoms with van der Waals surface area (Å²) in [5.41, 5.74) is -0.406. The highest BCUT2D eigenvalue weighted by molar-refractivity contribution is 6.01. The van der Waals surface area contributed by atoms with Gasteiger partial charge in [-0.2, -0.15) is 5.10 Å². The summed E-state index contributed by atoms with van der Waals surface area (Å²) in [4.78, 5) is 41.7. The van der Waals surface area contributed by atoms with Gasteiger partial charge < -0.3 is 15.1 Å². The molecule has 0 bridgehead atoms. The van der Waals surface area contributed by atoms with Gasteiger partial charge in [-0.3, -0.25) is 19.1 Å². The number of hydrogen-bond donors (Lipinski definition) is 1. The monoisotopic (exact) mass is 389 g/mol. The highest BCUT2D eigenvalue weighted by atomic mass is 16.2. The SMILES string of the molecule is CC(C)CCNC(=O)[C@]1(C)Cn2nc(C(=O)N3CCCCC3)cc2C(=O)N1C. The highest BCUT2D eigenvalue weighted by Crippen LogP contribution is 2.26. The third-order valence-corrected chi connectivity index (χ3v) is 5.86. The third kappa shape index (κ3) is 3.77. The first kappa shape index (κ1) is 20.4. The molecule has 3 heterocycles. The molecule has 0 saturated carbocycles. The van der Waals surface area contributed by atoms with Crippen LogP contribution in [0.1, 0.15) is 67.4 Å². The predicted molar refractivity (Wildman–Crippen MR) is 105 cm³/mol. The Morgan fingerprint density at radius 2 is 1.93 bits per heavy atom. The molecule has 2 aliphatic rings. The topological polar surface area (TPSA) is 87.5 Å². The van der Waals surface area contributed by atoms with Gasteiger partial charge in [0, 0.05) is 32.7 Å². The van der Waals surface area contributed by atoms with Gasteiger partial charge in [0.25, 0.3) is 11.8 Å². The molecule has 2 aliphatic heterocycles. The minimum absolute atomic E-state index is 0.139. The molecule has 1 N–H and O–H groups in total. The molecule has 8 heteroatoms. The Morgan fingerprint density at radius 1 is 1.25 bits per heavy atom. The van der Waals surface area contributed by atoms with Crippen molar-refractivity contribution in [3.63, 3.8) is 0 Å². The molecule has 1 aromatic rings. The van der Waals surface area contributed by atoms with Crippen LogP contribution in [-0.4, -0.2) is 69.5 Å². The van der Waals surface area contributed by atoms with Crippen LogP contribution < -0.4 is 5.32 Å². The molecule has 0 aliphatic carbocycles. The van der Waals surface area contributed by atoms with Crippen molar-refractivity contribution >= 4 is 17.7 Å². The van der Waals surface area contributed by atoms with E-state index in [4.69, 9.17) is 0 Å². The van der Waals surface area contributed by atoms with E-state index in [-0.39, 0.29) is 30.0 Å². The van der Waals surface area contributed by atoms with Crippen molar-refractivity contribution in [2.75, 3.05) is 26.7 Å². The van der Waals surface area contributed by atoms with Crippen LogP contribution in [0.3, 0.4) is 0 Å². The van der Waals surface area contributed by atoms with Crippen LogP contribution >= 0.6 is 0 Å². The molecule has 0 unspecified atom stereocenters. The van der Waals surface area contributed by atoms with E-state index in [1.165, 1.54) is 9.58 Å². The number of likely N-dealkylation sites (N-methyl/N-ethyl adjacent to an activating group) is 1. The van der Waals surface area contributed by atoms with Crippen LogP contribution in [0.25, 0.3) is 0 Å². The van der Waals surface area contributed by atoms with Gasteiger partial charge in [-0.05, 0) is 38.5 Å². The number of carbonyl (C=O) groups excluding carboxylic acids is 3. The second-order valence-corrected chi connectivity index (χ2v) is 8.50. The molecule has 3 amide bonds. The second kappa shape index (κ2) is 7.93. The molecule has 1 aromatic heterocycles. The summed E-state index contributed by atoms with van der Waals surface area (Å²) in [5.74, 6) is -0.146. The standard InChI is InChI=1S/C20H31N5O3/c1-14(2)8-9-21-19(28)20(3)13-25-16(18(27)23(20)4)12-15(22-25)17(26)24-10-6-5-7-11-24/h12,14H,5-11,13H2,1-4H3,(H,21,28)/t20-/m0/s1. The Balaban J connectivity index is 1.79. The van der Waals surface area contributed by atoms with Crippen LogP contribution in [0.4, 0.5) is 0 Å². The number of hydrogen-bond acceptors (Lipinski definition) is 4. The number of amides is 3. The number of likely N-dealkylation sites (tertiary alicyclic amines) is 1. The number of nitrogens with one attached hydrogen (secondary N) is 1. The van der Waals surface area contributed by atoms with Crippen LogP contribution in [0.5, 0.6) is 0 Å². The number of piperidine rings is 1. The summed E-state index contributed by atoms with van der Waals surface area (Å²) in [7, 11) is 1.63. The Hall–Kier alpha value is -2.38. The fourth-order valence-corrected chi connectivity index (χ4v) is 3.76. The van der Waals surface area contributed by atoms with Crippen molar-refractivity contribution in [1.29, 1.82) is 0 Å². The van der Waals surface area contributed by atoms with Crippen LogP contribution in [0.15, 0.2) is 6.07 Å². The minimum atomic E-state index is -1.04. The summed E-state index contributed by atoms with van der Waals surface area (Å²) in [6.07, 6.45) is 4.00. The third-order valence-electron chi connectivity index (χ3n) is 5.86. The van der Waals surface area contributed by atoms with Crippen molar-refractivity contribution in [1.82, 2.24) is 24.9 Å². The van der Waals surface area contributed by atoms with Crippen molar-refractivity contribution < 1.29 is 14.4 Å². The largest absolute Gasteiger partial charge is 0.354 e. The van der Waals surface area contributed by atoms with E-state index < -0.39 is 5.54 Å². The van der Waals surface area contributed by atoms with Gasteiger partial charge in [0.2, 0.25) is 5.91 Å². The van der Waals surface area contributed by atoms with Gasteiger partial charge in [-0.15, -0.1) is 0 Å². The Morgan fingerprint density at radius 3 is 2.57 bits per heavy atom. The number of rotatable bonds is 5. The van der Waals surface area contributed by atoms with E-state index in [2.05, 4.69) is 24.3 Å². The first-order valence-electron chi connectivity index (χ1n) is 10.2. The van der Waals surface area contributed by atoms with E-state index in [9.17, 15) is 14.4 Å². The van der Waals surface area contributed by atoms with Crippen molar-refractivity contribution in [3.8, 4) is 0 Å². The smallest absolute Gasteiger partial charge is 0.274 e. The fraction of sp³-hybridized carbons (Fsp3) is 0.700. The predicted octanol–water partition coefficient (Wildman–Crippen LogP) is 1.52. The summed E-state index contributed by atoms with van der Waals surface area (Å²) >= 11 is 0. The Bertz CT molecular complexity index is 766. The lowest BCUT2D eigenvalue weighted by molar-refractivity contribution is -0.132. The van der Waals surface area contributed by atoms with Crippen molar-refractivity contribution in [3.05, 3.63) is 17.5 Å². The van der Waals surface area contributed by atoms with E-state index in [1.54, 1.807) is 24.9 Å². The quantitative estimate of drug-likeness (QED) is 0.827. The maximum Gasteiger partial charge on any atom is 0.274 e. The fourth-order valence-electron chi connectivity index (χ4n) is 3.76. The van der Waals surface area contributed by atoms with Crippen LogP contribution in [0.2, 0.25) is 0 Å². The Kier molecular flexibility index (Phi) is 5.76. The zero-order chi connectivity index (χ0) is 20.5. The minimum Gasteiger partial charge on any atom is -0.354 e.